The molecule has 1 unspecified atom stereocenters. The monoisotopic (exact) mass is 476 g/mol. The lowest BCUT2D eigenvalue weighted by atomic mass is 10.0. The van der Waals surface area contributed by atoms with E-state index in [1.165, 1.54) is 11.8 Å². The Hall–Kier alpha value is -3.78. The summed E-state index contributed by atoms with van der Waals surface area (Å²) in [7, 11) is 0. The first kappa shape index (κ1) is 22.0. The van der Waals surface area contributed by atoms with E-state index >= 15 is 0 Å². The summed E-state index contributed by atoms with van der Waals surface area (Å²) in [4.78, 5) is 20.1. The predicted molar refractivity (Wildman–Crippen MR) is 128 cm³/mol. The van der Waals surface area contributed by atoms with Gasteiger partial charge in [0.2, 0.25) is 0 Å². The largest absolute Gasteiger partial charge is 0.487 e. The van der Waals surface area contributed by atoms with Crippen LogP contribution in [0.4, 0.5) is 8.78 Å². The number of nitrogens with zero attached hydrogens (tertiary/aromatic N) is 2. The number of carboxylic acids is 1. The molecule has 0 spiro atoms. The van der Waals surface area contributed by atoms with Gasteiger partial charge in [0.15, 0.2) is 11.6 Å². The summed E-state index contributed by atoms with van der Waals surface area (Å²) in [5.74, 6) is -2.11. The quantitative estimate of drug-likeness (QED) is 0.388. The Morgan fingerprint density at radius 1 is 1.09 bits per heavy atom. The smallest absolute Gasteiger partial charge is 0.313 e. The van der Waals surface area contributed by atoms with Crippen molar-refractivity contribution in [1.82, 2.24) is 9.97 Å². The van der Waals surface area contributed by atoms with Crippen LogP contribution in [0.15, 0.2) is 60.8 Å². The van der Waals surface area contributed by atoms with Crippen LogP contribution in [0.25, 0.3) is 23.1 Å². The molecule has 170 valence electrons. The van der Waals surface area contributed by atoms with Gasteiger partial charge in [-0.05, 0) is 47.5 Å². The van der Waals surface area contributed by atoms with Crippen molar-refractivity contribution in [2.24, 2.45) is 0 Å². The van der Waals surface area contributed by atoms with Crippen LogP contribution >= 0.6 is 11.8 Å². The molecule has 2 aromatic heterocycles. The van der Waals surface area contributed by atoms with E-state index in [0.29, 0.717) is 29.0 Å². The minimum absolute atomic E-state index is 0.0589. The summed E-state index contributed by atoms with van der Waals surface area (Å²) in [5.41, 5.74) is 4.40. The molecule has 0 saturated carbocycles. The molecule has 0 amide bonds. The Bertz CT molecular complexity index is 1440. The molecule has 3 heterocycles. The third-order valence-corrected chi connectivity index (χ3v) is 6.72. The molecule has 1 aliphatic heterocycles. The summed E-state index contributed by atoms with van der Waals surface area (Å²) in [6.07, 6.45) is 5.35. The molecule has 0 radical (unpaired) electrons. The predicted octanol–water partition coefficient (Wildman–Crippen LogP) is 5.88. The molecule has 0 saturated heterocycles. The van der Waals surface area contributed by atoms with Crippen molar-refractivity contribution in [3.05, 3.63) is 101 Å². The zero-order valence-electron chi connectivity index (χ0n) is 17.7. The highest BCUT2D eigenvalue weighted by Gasteiger charge is 2.26. The van der Waals surface area contributed by atoms with Gasteiger partial charge in [-0.25, -0.2) is 13.8 Å². The van der Waals surface area contributed by atoms with Crippen LogP contribution in [0.2, 0.25) is 0 Å². The number of thioether (sulfide) groups is 1. The molecular weight excluding hydrogens is 458 g/mol. The number of pyridine rings is 2. The highest BCUT2D eigenvalue weighted by atomic mass is 32.2. The summed E-state index contributed by atoms with van der Waals surface area (Å²) in [6.45, 7) is 0.306. The Morgan fingerprint density at radius 2 is 1.94 bits per heavy atom. The van der Waals surface area contributed by atoms with Crippen LogP contribution in [0, 0.1) is 11.6 Å². The lowest BCUT2D eigenvalue weighted by Crippen LogP contribution is -2.06. The minimum Gasteiger partial charge on any atom is -0.487 e. The van der Waals surface area contributed by atoms with Crippen molar-refractivity contribution in [2.75, 3.05) is 5.75 Å². The first-order valence-corrected chi connectivity index (χ1v) is 11.5. The topological polar surface area (TPSA) is 72.3 Å². The number of benzene rings is 2. The molecule has 8 heteroatoms. The Morgan fingerprint density at radius 3 is 2.79 bits per heavy atom. The van der Waals surface area contributed by atoms with Crippen LogP contribution in [-0.2, 0) is 11.4 Å². The average Bonchev–Trinajstić information content (AvgIpc) is 2.98. The van der Waals surface area contributed by atoms with Gasteiger partial charge in [-0.2, -0.15) is 0 Å². The van der Waals surface area contributed by atoms with Gasteiger partial charge in [0.25, 0.3) is 0 Å². The molecule has 2 aromatic carbocycles. The first-order valence-electron chi connectivity index (χ1n) is 10.5. The number of carboxylic acid groups (broad SMARTS) is 1. The molecule has 0 fully saturated rings. The van der Waals surface area contributed by atoms with Crippen molar-refractivity contribution < 1.29 is 23.4 Å². The molecule has 0 bridgehead atoms. The maximum Gasteiger partial charge on any atom is 0.313 e. The van der Waals surface area contributed by atoms with Gasteiger partial charge < -0.3 is 9.84 Å². The highest BCUT2D eigenvalue weighted by molar-refractivity contribution is 8.00. The molecule has 4 aromatic rings. The number of ether oxygens (including phenoxy) is 1. The Kier molecular flexibility index (Phi) is 5.98. The third-order valence-electron chi connectivity index (χ3n) is 5.46. The van der Waals surface area contributed by atoms with Gasteiger partial charge in [-0.3, -0.25) is 9.78 Å². The number of aromatic nitrogens is 2. The second-order valence-electron chi connectivity index (χ2n) is 7.74. The lowest BCUT2D eigenvalue weighted by Gasteiger charge is -2.18. The minimum atomic E-state index is -0.938. The second kappa shape index (κ2) is 9.23. The number of hydrogen-bond acceptors (Lipinski definition) is 5. The number of hydrogen-bond donors (Lipinski definition) is 1. The van der Waals surface area contributed by atoms with E-state index in [-0.39, 0.29) is 11.0 Å². The molecule has 5 rings (SSSR count). The fraction of sp³-hybridized carbons (Fsp3) is 0.115. The maximum absolute atomic E-state index is 13.6. The van der Waals surface area contributed by atoms with Crippen LogP contribution in [-0.4, -0.2) is 26.8 Å². The molecule has 0 aliphatic carbocycles. The fourth-order valence-electron chi connectivity index (χ4n) is 3.87. The van der Waals surface area contributed by atoms with Crippen molar-refractivity contribution in [1.29, 1.82) is 0 Å². The summed E-state index contributed by atoms with van der Waals surface area (Å²) in [6, 6.07) is 15.1. The first-order chi connectivity index (χ1) is 16.5. The number of rotatable bonds is 5. The van der Waals surface area contributed by atoms with Crippen LogP contribution in [0.3, 0.4) is 0 Å². The molecule has 1 N–H and O–H groups in total. The van der Waals surface area contributed by atoms with E-state index in [0.717, 1.165) is 34.5 Å². The molecule has 5 nitrogen and oxygen atoms in total. The Balaban J connectivity index is 1.49. The van der Waals surface area contributed by atoms with E-state index < -0.39 is 17.6 Å². The van der Waals surface area contributed by atoms with Crippen molar-refractivity contribution in [3.63, 3.8) is 0 Å². The second-order valence-corrected chi connectivity index (χ2v) is 8.83. The van der Waals surface area contributed by atoms with E-state index in [2.05, 4.69) is 9.97 Å². The third kappa shape index (κ3) is 4.49. The van der Waals surface area contributed by atoms with Crippen LogP contribution < -0.4 is 4.74 Å². The molecule has 1 aliphatic rings. The van der Waals surface area contributed by atoms with Crippen molar-refractivity contribution in [2.45, 2.75) is 11.9 Å². The van der Waals surface area contributed by atoms with Gasteiger partial charge in [0.05, 0.1) is 27.9 Å². The number of aliphatic carboxylic acids is 1. The summed E-state index contributed by atoms with van der Waals surface area (Å²) in [5, 5.41) is 9.52. The summed E-state index contributed by atoms with van der Waals surface area (Å²) < 4.78 is 33.0. The molecule has 1 atom stereocenters. The van der Waals surface area contributed by atoms with Gasteiger partial charge in [0, 0.05) is 23.2 Å². The number of fused-ring (bicyclic) bond motifs is 3. The average molecular weight is 477 g/mol. The SMILES string of the molecule is O=C(O)CSC1c2cc(C=Cc3ccc4cc(F)c(F)cc4n3)ccc2OCc2ncccc21. The van der Waals surface area contributed by atoms with Crippen molar-refractivity contribution in [3.8, 4) is 5.75 Å². The molecular formula is C26H18F2N2O3S. The maximum atomic E-state index is 13.6. The standard InChI is InChI=1S/C26H18F2N2O3S/c27-20-11-16-5-7-17(30-22(16)12-21(20)28)6-3-15-4-8-24-19(10-15)26(34-14-25(31)32)18-2-1-9-29-23(18)13-33-24/h1-12,26H,13-14H2,(H,31,32). The normalized spacial score (nSPS) is 14.9. The zero-order valence-corrected chi connectivity index (χ0v) is 18.6. The zero-order chi connectivity index (χ0) is 23.7. The fourth-order valence-corrected chi connectivity index (χ4v) is 4.94. The summed E-state index contributed by atoms with van der Waals surface area (Å²) >= 11 is 1.31. The van der Waals surface area contributed by atoms with Crippen molar-refractivity contribution >= 4 is 40.8 Å². The van der Waals surface area contributed by atoms with Gasteiger partial charge in [-0.1, -0.05) is 24.3 Å². The van der Waals surface area contributed by atoms with E-state index in [1.807, 2.05) is 36.4 Å². The number of halogens is 2. The van der Waals surface area contributed by atoms with Gasteiger partial charge in [0.1, 0.15) is 12.4 Å². The van der Waals surface area contributed by atoms with E-state index in [1.54, 1.807) is 24.4 Å². The molecule has 34 heavy (non-hydrogen) atoms. The van der Waals surface area contributed by atoms with Crippen LogP contribution in [0.5, 0.6) is 5.75 Å². The lowest BCUT2D eigenvalue weighted by molar-refractivity contribution is -0.133. The van der Waals surface area contributed by atoms with E-state index in [4.69, 9.17) is 4.74 Å². The van der Waals surface area contributed by atoms with Gasteiger partial charge >= 0.3 is 5.97 Å². The van der Waals surface area contributed by atoms with Gasteiger partial charge in [-0.15, -0.1) is 11.8 Å². The van der Waals surface area contributed by atoms with E-state index in [9.17, 15) is 18.7 Å². The highest BCUT2D eigenvalue weighted by Crippen LogP contribution is 2.44. The number of carbonyl (C=O) groups is 1. The van der Waals surface area contributed by atoms with Crippen LogP contribution in [0.1, 0.15) is 33.3 Å². The Labute approximate surface area is 198 Å².